The molecular formula is C13H21O7Ti. The number of Topliss-reactive ketones (excluding diaryl/α,β-unsaturated/α-hetero) is 3. The molecule has 21 heavy (non-hydrogen) atoms. The topological polar surface area (TPSA) is 137 Å². The van der Waals surface area contributed by atoms with Crippen LogP contribution in [-0.4, -0.2) is 35.5 Å². The van der Waals surface area contributed by atoms with Crippen LogP contribution in [0.4, 0.5) is 0 Å². The van der Waals surface area contributed by atoms with Crippen molar-refractivity contribution in [2.45, 2.75) is 53.8 Å². The molecular weight excluding hydrogens is 316 g/mol. The molecule has 0 N–H and O–H groups in total. The molecule has 0 spiro atoms. The molecule has 0 saturated heterocycles. The summed E-state index contributed by atoms with van der Waals surface area (Å²) in [5, 5.41) is 29.0. The number of hydrogen-bond donors (Lipinski definition) is 0. The molecule has 0 fully saturated rings. The monoisotopic (exact) mass is 337 g/mol. The summed E-state index contributed by atoms with van der Waals surface area (Å²) in [6, 6.07) is 0. The van der Waals surface area contributed by atoms with Crippen molar-refractivity contribution in [1.29, 1.82) is 0 Å². The normalized spacial score (nSPS) is 8.90. The first-order valence-corrected chi connectivity index (χ1v) is 5.92. The molecule has 7 nitrogen and oxygen atoms in total. The maximum Gasteiger partial charge on any atom is 3.00 e. The first-order chi connectivity index (χ1) is 8.84. The molecule has 8 heteroatoms. The molecule has 0 aliphatic heterocycles. The zero-order valence-electron chi connectivity index (χ0n) is 13.1. The van der Waals surface area contributed by atoms with Crippen LogP contribution in [0.3, 0.4) is 0 Å². The Morgan fingerprint density at radius 1 is 0.762 bits per heavy atom. The average molecular weight is 337 g/mol. The van der Waals surface area contributed by atoms with E-state index >= 15 is 0 Å². The largest absolute Gasteiger partial charge is 3.00 e. The van der Waals surface area contributed by atoms with E-state index in [1.807, 2.05) is 0 Å². The first kappa shape index (κ1) is 28.3. The number of carbonyl (C=O) groups excluding carboxylic acids is 4. The van der Waals surface area contributed by atoms with Gasteiger partial charge in [0, 0.05) is 0 Å². The maximum absolute atomic E-state index is 10.6. The molecule has 1 radical (unpaired) electrons. The van der Waals surface area contributed by atoms with Gasteiger partial charge in [-0.2, -0.15) is 0 Å². The van der Waals surface area contributed by atoms with E-state index in [0.29, 0.717) is 0 Å². The zero-order valence-corrected chi connectivity index (χ0v) is 14.7. The summed E-state index contributed by atoms with van der Waals surface area (Å²) >= 11 is 0. The van der Waals surface area contributed by atoms with Gasteiger partial charge in [-0.15, -0.1) is 12.2 Å². The van der Waals surface area contributed by atoms with Gasteiger partial charge in [0.2, 0.25) is 0 Å². The quantitative estimate of drug-likeness (QED) is 0.317. The Labute approximate surface area is 139 Å². The van der Waals surface area contributed by atoms with Crippen LogP contribution in [0, 0.1) is 5.92 Å². The third-order valence-electron chi connectivity index (χ3n) is 1.28. The number of rotatable bonds is 4. The van der Waals surface area contributed by atoms with Crippen LogP contribution in [0.1, 0.15) is 41.5 Å². The SMILES string of the molecule is CC(=O)C(C(C)=O)C(=O)C(=O)[O-].CC(C)[O-].CC(C)[O-].[Ti+3]. The molecule has 119 valence electrons. The van der Waals surface area contributed by atoms with E-state index in [9.17, 15) is 34.5 Å². The predicted molar refractivity (Wildman–Crippen MR) is 65.1 cm³/mol. The molecule has 0 aliphatic carbocycles. The summed E-state index contributed by atoms with van der Waals surface area (Å²) in [5.41, 5.74) is 0. The van der Waals surface area contributed by atoms with Crippen LogP contribution < -0.4 is 15.3 Å². The number of carboxylic acid groups (broad SMARTS) is 1. The fourth-order valence-corrected chi connectivity index (χ4v) is 0.773. The molecule has 0 rings (SSSR count). The van der Waals surface area contributed by atoms with Crippen LogP contribution in [0.5, 0.6) is 0 Å². The van der Waals surface area contributed by atoms with Crippen LogP contribution in [0.2, 0.25) is 0 Å². The standard InChI is InChI=1S/C7H8O5.2C3H7O.Ti/c1-3(8)5(4(2)9)6(10)7(11)12;2*1-3(2)4;/h5H,1-2H3,(H,11,12);2*3H,1-2H3;/q;2*-1;+3/p-1. The van der Waals surface area contributed by atoms with Gasteiger partial charge in [-0.05, 0) is 13.8 Å². The van der Waals surface area contributed by atoms with Gasteiger partial charge < -0.3 is 20.1 Å². The maximum atomic E-state index is 10.6. The van der Waals surface area contributed by atoms with Crippen LogP contribution in [0.15, 0.2) is 0 Å². The molecule has 0 amide bonds. The van der Waals surface area contributed by atoms with Crippen LogP contribution >= 0.6 is 0 Å². The van der Waals surface area contributed by atoms with E-state index in [1.165, 1.54) is 0 Å². The van der Waals surface area contributed by atoms with E-state index in [1.54, 1.807) is 27.7 Å². The first-order valence-electron chi connectivity index (χ1n) is 5.92. The number of hydrogen-bond acceptors (Lipinski definition) is 7. The molecule has 0 atom stereocenters. The minimum Gasteiger partial charge on any atom is -0.852 e. The molecule has 0 saturated carbocycles. The van der Waals surface area contributed by atoms with Crippen molar-refractivity contribution in [1.82, 2.24) is 0 Å². The third-order valence-corrected chi connectivity index (χ3v) is 1.28. The van der Waals surface area contributed by atoms with E-state index in [-0.39, 0.29) is 21.7 Å². The Morgan fingerprint density at radius 2 is 0.952 bits per heavy atom. The molecule has 0 heterocycles. The second-order valence-corrected chi connectivity index (χ2v) is 4.40. The van der Waals surface area contributed by atoms with Crippen molar-refractivity contribution >= 4 is 23.3 Å². The van der Waals surface area contributed by atoms with Gasteiger partial charge in [0.05, 0.1) is 0 Å². The van der Waals surface area contributed by atoms with Crippen molar-refractivity contribution in [3.63, 3.8) is 0 Å². The Kier molecular flexibility index (Phi) is 20.9. The minimum absolute atomic E-state index is 0. The van der Waals surface area contributed by atoms with E-state index < -0.39 is 41.4 Å². The molecule has 0 bridgehead atoms. The second kappa shape index (κ2) is 15.5. The molecule has 0 unspecified atom stereocenters. The molecule has 0 aromatic rings. The van der Waals surface area contributed by atoms with Gasteiger partial charge in [0.15, 0.2) is 5.78 Å². The van der Waals surface area contributed by atoms with Crippen molar-refractivity contribution in [2.24, 2.45) is 5.92 Å². The summed E-state index contributed by atoms with van der Waals surface area (Å²) in [5.74, 6) is -6.75. The Morgan fingerprint density at radius 3 is 1.00 bits per heavy atom. The Bertz CT molecular complexity index is 312. The summed E-state index contributed by atoms with van der Waals surface area (Å²) in [6.07, 6.45) is -0.833. The van der Waals surface area contributed by atoms with Gasteiger partial charge in [-0.1, -0.05) is 27.7 Å². The van der Waals surface area contributed by atoms with Crippen LogP contribution in [-0.2, 0) is 40.9 Å². The van der Waals surface area contributed by atoms with Crippen molar-refractivity contribution in [2.75, 3.05) is 0 Å². The fourth-order valence-electron chi connectivity index (χ4n) is 0.773. The van der Waals surface area contributed by atoms with Gasteiger partial charge in [0.25, 0.3) is 0 Å². The van der Waals surface area contributed by atoms with Crippen molar-refractivity contribution in [3.05, 3.63) is 0 Å². The molecule has 0 aliphatic rings. The summed E-state index contributed by atoms with van der Waals surface area (Å²) < 4.78 is 0. The summed E-state index contributed by atoms with van der Waals surface area (Å²) in [7, 11) is 0. The Balaban J connectivity index is -0.000000134. The fraction of sp³-hybridized carbons (Fsp3) is 0.692. The van der Waals surface area contributed by atoms with Gasteiger partial charge in [-0.25, -0.2) is 0 Å². The van der Waals surface area contributed by atoms with E-state index in [4.69, 9.17) is 0 Å². The third kappa shape index (κ3) is 24.5. The zero-order chi connectivity index (χ0) is 17.0. The predicted octanol–water partition coefficient (Wildman–Crippen LogP) is -2.39. The minimum atomic E-state index is -2.01. The van der Waals surface area contributed by atoms with Gasteiger partial charge in [0.1, 0.15) is 23.5 Å². The van der Waals surface area contributed by atoms with E-state index in [2.05, 4.69) is 0 Å². The van der Waals surface area contributed by atoms with Crippen molar-refractivity contribution < 1.29 is 56.2 Å². The summed E-state index contributed by atoms with van der Waals surface area (Å²) in [6.45, 7) is 8.40. The average Bonchev–Trinajstić information content (AvgIpc) is 2.13. The molecule has 0 aromatic heterocycles. The number of aliphatic carboxylic acids is 1. The van der Waals surface area contributed by atoms with Crippen molar-refractivity contribution in [3.8, 4) is 0 Å². The van der Waals surface area contributed by atoms with E-state index in [0.717, 1.165) is 13.8 Å². The summed E-state index contributed by atoms with van der Waals surface area (Å²) in [4.78, 5) is 41.8. The second-order valence-electron chi connectivity index (χ2n) is 4.40. The Hall–Kier alpha value is -0.886. The number of carboxylic acids is 1. The number of ketones is 3. The smallest absolute Gasteiger partial charge is 0.852 e. The number of carbonyl (C=O) groups is 4. The molecule has 0 aromatic carbocycles. The van der Waals surface area contributed by atoms with Gasteiger partial charge in [-0.3, -0.25) is 14.4 Å². The van der Waals surface area contributed by atoms with Crippen LogP contribution in [0.25, 0.3) is 0 Å². The van der Waals surface area contributed by atoms with Gasteiger partial charge >= 0.3 is 21.7 Å².